The van der Waals surface area contributed by atoms with Crippen molar-refractivity contribution in [2.75, 3.05) is 9.80 Å². The molecule has 4 heterocycles. The Hall–Kier alpha value is -9.26. The van der Waals surface area contributed by atoms with Crippen LogP contribution in [0.25, 0.3) is 109 Å². The Labute approximate surface area is 438 Å². The molecular formula is C70H52N2O4. The number of rotatable bonds is 6. The van der Waals surface area contributed by atoms with E-state index in [9.17, 15) is 0 Å². The Morgan fingerprint density at radius 1 is 0.250 bits per heavy atom. The summed E-state index contributed by atoms with van der Waals surface area (Å²) in [4.78, 5) is 4.64. The molecule has 0 saturated carbocycles. The van der Waals surface area contributed by atoms with E-state index in [1.54, 1.807) is 0 Å². The van der Waals surface area contributed by atoms with Gasteiger partial charge in [0.15, 0.2) is 11.2 Å². The van der Waals surface area contributed by atoms with Gasteiger partial charge in [0.05, 0.1) is 0 Å². The monoisotopic (exact) mass is 984 g/mol. The van der Waals surface area contributed by atoms with E-state index in [1.807, 2.05) is 0 Å². The number of benzene rings is 11. The summed E-state index contributed by atoms with van der Waals surface area (Å²) in [5.74, 6) is 0. The fraction of sp³-hybridized carbons (Fsp3) is 0.114. The lowest BCUT2D eigenvalue weighted by Crippen LogP contribution is -2.10. The van der Waals surface area contributed by atoms with Crippen LogP contribution in [0.15, 0.2) is 224 Å². The largest absolute Gasteiger partial charge is 0.456 e. The molecule has 76 heavy (non-hydrogen) atoms. The molecule has 0 N–H and O–H groups in total. The molecule has 15 aromatic rings. The van der Waals surface area contributed by atoms with Crippen LogP contribution in [0.1, 0.15) is 52.7 Å². The van der Waals surface area contributed by atoms with Gasteiger partial charge in [-0.1, -0.05) is 126 Å². The first kappa shape index (κ1) is 44.2. The number of fused-ring (bicyclic) bond motifs is 17. The molecule has 0 bridgehead atoms. The van der Waals surface area contributed by atoms with Crippen LogP contribution in [-0.2, 0) is 10.8 Å². The molecule has 0 aliphatic rings. The Balaban J connectivity index is 0.828. The average molecular weight is 985 g/mol. The minimum atomic E-state index is -0.0542. The second kappa shape index (κ2) is 16.1. The van der Waals surface area contributed by atoms with Crippen molar-refractivity contribution >= 4 is 143 Å². The molecule has 0 aliphatic heterocycles. The summed E-state index contributed by atoms with van der Waals surface area (Å²) in [6.07, 6.45) is 0. The third-order valence-electron chi connectivity index (χ3n) is 15.6. The van der Waals surface area contributed by atoms with Gasteiger partial charge in [-0.25, -0.2) is 0 Å². The maximum absolute atomic E-state index is 7.00. The van der Waals surface area contributed by atoms with E-state index in [2.05, 4.69) is 258 Å². The molecular weight excluding hydrogens is 933 g/mol. The number of hydrogen-bond donors (Lipinski definition) is 0. The van der Waals surface area contributed by atoms with E-state index in [-0.39, 0.29) is 10.8 Å². The molecule has 0 radical (unpaired) electrons. The summed E-state index contributed by atoms with van der Waals surface area (Å²) < 4.78 is 27.1. The summed E-state index contributed by atoms with van der Waals surface area (Å²) in [6, 6.07) is 73.7. The zero-order chi connectivity index (χ0) is 51.2. The fourth-order valence-corrected chi connectivity index (χ4v) is 12.0. The van der Waals surface area contributed by atoms with E-state index in [0.717, 1.165) is 143 Å². The van der Waals surface area contributed by atoms with E-state index in [0.29, 0.717) is 0 Å². The molecule has 0 saturated heterocycles. The summed E-state index contributed by atoms with van der Waals surface area (Å²) in [5, 5.41) is 12.8. The standard InChI is InChI=1S/C70H52N2O4/c1-69(2,3)59-21-13-19-51-57-39-47(27-35-61(57)73-65(51)59)71(43-15-9-7-10-16-43)45-25-31-49-41(37-45)23-29-53-55-33-34-56-54-30-24-42-38-46(26-32-50(42)64(54)76-68(56)67(55)75-63(49)53)72(44-17-11-8-12-18-44)48-28-36-62-58(40-48)52-20-14-22-60(66(52)74-62)70(4,5)6/h7-40H,1-6H3. The highest BCUT2D eigenvalue weighted by molar-refractivity contribution is 6.25. The number of para-hydroxylation sites is 4. The molecule has 4 aromatic heterocycles. The molecule has 0 amide bonds. The molecule has 0 atom stereocenters. The lowest BCUT2D eigenvalue weighted by Gasteiger charge is -2.26. The third-order valence-corrected chi connectivity index (χ3v) is 15.6. The van der Waals surface area contributed by atoms with Gasteiger partial charge in [-0.05, 0) is 143 Å². The summed E-state index contributed by atoms with van der Waals surface area (Å²) in [7, 11) is 0. The van der Waals surface area contributed by atoms with E-state index >= 15 is 0 Å². The normalized spacial score (nSPS) is 12.6. The second-order valence-electron chi connectivity index (χ2n) is 22.5. The van der Waals surface area contributed by atoms with Crippen molar-refractivity contribution < 1.29 is 17.7 Å². The lowest BCUT2D eigenvalue weighted by molar-refractivity contribution is 0.572. The molecule has 366 valence electrons. The van der Waals surface area contributed by atoms with Crippen LogP contribution in [0.2, 0.25) is 0 Å². The van der Waals surface area contributed by atoms with Crippen molar-refractivity contribution in [3.8, 4) is 0 Å². The zero-order valence-corrected chi connectivity index (χ0v) is 43.2. The highest BCUT2D eigenvalue weighted by atomic mass is 16.4. The summed E-state index contributed by atoms with van der Waals surface area (Å²) in [5.41, 5.74) is 15.4. The highest BCUT2D eigenvalue weighted by Crippen LogP contribution is 2.47. The number of hydrogen-bond acceptors (Lipinski definition) is 6. The maximum atomic E-state index is 7.00. The van der Waals surface area contributed by atoms with Crippen molar-refractivity contribution in [1.82, 2.24) is 0 Å². The van der Waals surface area contributed by atoms with Gasteiger partial charge in [0, 0.05) is 99.1 Å². The van der Waals surface area contributed by atoms with Crippen LogP contribution >= 0.6 is 0 Å². The Morgan fingerprint density at radius 3 is 1.03 bits per heavy atom. The molecule has 0 fully saturated rings. The Bertz CT molecular complexity index is 4540. The van der Waals surface area contributed by atoms with Crippen molar-refractivity contribution in [1.29, 1.82) is 0 Å². The highest BCUT2D eigenvalue weighted by Gasteiger charge is 2.25. The lowest BCUT2D eigenvalue weighted by atomic mass is 9.86. The van der Waals surface area contributed by atoms with Crippen LogP contribution in [-0.4, -0.2) is 0 Å². The predicted octanol–water partition coefficient (Wildman–Crippen LogP) is 21.1. The Kier molecular flexibility index (Phi) is 9.38. The number of furan rings is 4. The molecule has 0 unspecified atom stereocenters. The third kappa shape index (κ3) is 6.73. The first-order valence-electron chi connectivity index (χ1n) is 26.2. The Morgan fingerprint density at radius 2 is 0.605 bits per heavy atom. The van der Waals surface area contributed by atoms with Gasteiger partial charge >= 0.3 is 0 Å². The minimum absolute atomic E-state index is 0.0542. The number of anilines is 6. The molecule has 6 heteroatoms. The number of nitrogens with zero attached hydrogens (tertiary/aromatic N) is 2. The van der Waals surface area contributed by atoms with Gasteiger partial charge in [-0.3, -0.25) is 0 Å². The van der Waals surface area contributed by atoms with Crippen LogP contribution in [0.3, 0.4) is 0 Å². The van der Waals surface area contributed by atoms with E-state index < -0.39 is 0 Å². The fourth-order valence-electron chi connectivity index (χ4n) is 12.0. The first-order valence-corrected chi connectivity index (χ1v) is 26.2. The molecule has 0 spiro atoms. The molecule has 11 aromatic carbocycles. The van der Waals surface area contributed by atoms with Crippen LogP contribution in [0.4, 0.5) is 34.1 Å². The van der Waals surface area contributed by atoms with Gasteiger partial charge in [-0.15, -0.1) is 0 Å². The van der Waals surface area contributed by atoms with Gasteiger partial charge in [0.25, 0.3) is 0 Å². The summed E-state index contributed by atoms with van der Waals surface area (Å²) >= 11 is 0. The van der Waals surface area contributed by atoms with Crippen molar-refractivity contribution in [3.63, 3.8) is 0 Å². The van der Waals surface area contributed by atoms with Crippen LogP contribution in [0.5, 0.6) is 0 Å². The topological polar surface area (TPSA) is 59.0 Å². The van der Waals surface area contributed by atoms with Gasteiger partial charge < -0.3 is 27.5 Å². The van der Waals surface area contributed by atoms with E-state index in [4.69, 9.17) is 17.7 Å². The predicted molar refractivity (Wildman–Crippen MR) is 317 cm³/mol. The van der Waals surface area contributed by atoms with Gasteiger partial charge in [-0.2, -0.15) is 0 Å². The van der Waals surface area contributed by atoms with Crippen molar-refractivity contribution in [3.05, 3.63) is 217 Å². The van der Waals surface area contributed by atoms with E-state index in [1.165, 1.54) is 11.1 Å². The zero-order valence-electron chi connectivity index (χ0n) is 43.2. The van der Waals surface area contributed by atoms with Gasteiger partial charge in [0.2, 0.25) is 0 Å². The SMILES string of the molecule is CC(C)(C)c1cccc2c1oc1ccc(N(c3ccccc3)c3ccc4c(ccc5c6ccc7c8ccc9cc(N(c%10ccccc%10)c%10ccc%11oc%12c(C(C)(C)C)cccc%12c%11c%10)ccc9c8oc7c6oc45)c3)cc12. The van der Waals surface area contributed by atoms with Crippen molar-refractivity contribution in [2.45, 2.75) is 52.4 Å². The van der Waals surface area contributed by atoms with Crippen LogP contribution < -0.4 is 9.80 Å². The second-order valence-corrected chi connectivity index (χ2v) is 22.5. The molecule has 0 aliphatic carbocycles. The van der Waals surface area contributed by atoms with Crippen LogP contribution in [0, 0.1) is 0 Å². The smallest absolute Gasteiger partial charge is 0.178 e. The molecule has 15 rings (SSSR count). The summed E-state index contributed by atoms with van der Waals surface area (Å²) in [6.45, 7) is 13.4. The average Bonchev–Trinajstić information content (AvgIpc) is 4.33. The molecule has 6 nitrogen and oxygen atoms in total. The minimum Gasteiger partial charge on any atom is -0.456 e. The first-order chi connectivity index (χ1) is 36.9. The van der Waals surface area contributed by atoms with Crippen molar-refractivity contribution in [2.24, 2.45) is 0 Å². The quantitative estimate of drug-likeness (QED) is 0.165. The van der Waals surface area contributed by atoms with Gasteiger partial charge in [0.1, 0.15) is 33.5 Å². The maximum Gasteiger partial charge on any atom is 0.178 e.